The fourth-order valence-corrected chi connectivity index (χ4v) is 1.58. The minimum atomic E-state index is -0.523. The van der Waals surface area contributed by atoms with E-state index in [0.29, 0.717) is 5.92 Å². The number of aryl methyl sites for hydroxylation is 1. The lowest BCUT2D eigenvalue weighted by atomic mass is 10.1. The fraction of sp³-hybridized carbons (Fsp3) is 0.412. The molecular weight excluding hydrogens is 266 g/mol. The summed E-state index contributed by atoms with van der Waals surface area (Å²) in [6.45, 7) is 7.66. The molecule has 0 aromatic heterocycles. The van der Waals surface area contributed by atoms with E-state index in [9.17, 15) is 9.59 Å². The van der Waals surface area contributed by atoms with Crippen molar-refractivity contribution in [3.8, 4) is 0 Å². The van der Waals surface area contributed by atoms with Crippen LogP contribution in [0.15, 0.2) is 30.3 Å². The largest absolute Gasteiger partial charge is 0.452 e. The molecule has 1 atom stereocenters. The van der Waals surface area contributed by atoms with E-state index in [1.54, 1.807) is 6.08 Å². The molecule has 0 saturated carbocycles. The third kappa shape index (κ3) is 6.25. The van der Waals surface area contributed by atoms with Crippen molar-refractivity contribution in [1.82, 2.24) is 5.32 Å². The SMILES string of the molecule is Cc1ccccc1/C=C/C(=O)OCC(=O)N[C@H](C)C(C)C. The summed E-state index contributed by atoms with van der Waals surface area (Å²) < 4.78 is 4.91. The van der Waals surface area contributed by atoms with Crippen molar-refractivity contribution in [2.24, 2.45) is 5.92 Å². The average molecular weight is 289 g/mol. The van der Waals surface area contributed by atoms with E-state index in [0.717, 1.165) is 11.1 Å². The van der Waals surface area contributed by atoms with Crippen LogP contribution in [0, 0.1) is 12.8 Å². The average Bonchev–Trinajstić information content (AvgIpc) is 2.44. The number of hydrogen-bond acceptors (Lipinski definition) is 3. The van der Waals surface area contributed by atoms with Gasteiger partial charge in [0.2, 0.25) is 0 Å². The van der Waals surface area contributed by atoms with Crippen LogP contribution in [0.1, 0.15) is 31.9 Å². The number of esters is 1. The Bertz CT molecular complexity index is 521. The van der Waals surface area contributed by atoms with E-state index in [-0.39, 0.29) is 18.6 Å². The first-order valence-electron chi connectivity index (χ1n) is 7.10. The van der Waals surface area contributed by atoms with Gasteiger partial charge in [-0.25, -0.2) is 4.79 Å². The summed E-state index contributed by atoms with van der Waals surface area (Å²) in [6, 6.07) is 7.77. The number of carbonyl (C=O) groups excluding carboxylic acids is 2. The maximum Gasteiger partial charge on any atom is 0.331 e. The molecule has 0 bridgehead atoms. The highest BCUT2D eigenvalue weighted by Crippen LogP contribution is 2.08. The Balaban J connectivity index is 2.41. The zero-order valence-corrected chi connectivity index (χ0v) is 13.1. The van der Waals surface area contributed by atoms with Gasteiger partial charge in [-0.05, 0) is 37.0 Å². The summed E-state index contributed by atoms with van der Waals surface area (Å²) in [5, 5.41) is 2.78. The molecular formula is C17H23NO3. The van der Waals surface area contributed by atoms with Gasteiger partial charge >= 0.3 is 5.97 Å². The van der Waals surface area contributed by atoms with E-state index in [1.807, 2.05) is 52.0 Å². The molecule has 0 aliphatic rings. The second kappa shape index (κ2) is 8.25. The lowest BCUT2D eigenvalue weighted by molar-refractivity contribution is -0.144. The summed E-state index contributed by atoms with van der Waals surface area (Å²) in [5.74, 6) is -0.468. The molecule has 1 aromatic carbocycles. The third-order valence-electron chi connectivity index (χ3n) is 3.32. The van der Waals surface area contributed by atoms with Crippen LogP contribution in [0.2, 0.25) is 0 Å². The molecule has 4 heteroatoms. The summed E-state index contributed by atoms with van der Waals surface area (Å²) in [4.78, 5) is 23.1. The van der Waals surface area contributed by atoms with Gasteiger partial charge in [-0.3, -0.25) is 4.79 Å². The molecule has 0 saturated heterocycles. The highest BCUT2D eigenvalue weighted by molar-refractivity contribution is 5.89. The maximum atomic E-state index is 11.6. The molecule has 114 valence electrons. The number of nitrogens with one attached hydrogen (secondary N) is 1. The first-order chi connectivity index (χ1) is 9.90. The molecule has 1 rings (SSSR count). The van der Waals surface area contributed by atoms with Crippen LogP contribution in [0.3, 0.4) is 0 Å². The molecule has 0 aliphatic carbocycles. The van der Waals surface area contributed by atoms with Crippen LogP contribution >= 0.6 is 0 Å². The molecule has 0 heterocycles. The highest BCUT2D eigenvalue weighted by Gasteiger charge is 2.11. The smallest absolute Gasteiger partial charge is 0.331 e. The van der Waals surface area contributed by atoms with Crippen LogP contribution in [-0.4, -0.2) is 24.5 Å². The molecule has 0 unspecified atom stereocenters. The Morgan fingerprint density at radius 1 is 1.24 bits per heavy atom. The van der Waals surface area contributed by atoms with Crippen molar-refractivity contribution in [2.75, 3.05) is 6.61 Å². The summed E-state index contributed by atoms with van der Waals surface area (Å²) in [7, 11) is 0. The highest BCUT2D eigenvalue weighted by atomic mass is 16.5. The predicted molar refractivity (Wildman–Crippen MR) is 83.6 cm³/mol. The zero-order chi connectivity index (χ0) is 15.8. The standard InChI is InChI=1S/C17H23NO3/c1-12(2)14(4)18-16(19)11-21-17(20)10-9-15-8-6-5-7-13(15)3/h5-10,12,14H,11H2,1-4H3,(H,18,19)/b10-9+/t14-/m1/s1. The number of hydrogen-bond donors (Lipinski definition) is 1. The Kier molecular flexibility index (Phi) is 6.66. The van der Waals surface area contributed by atoms with Crippen LogP contribution in [0.4, 0.5) is 0 Å². The monoisotopic (exact) mass is 289 g/mol. The van der Waals surface area contributed by atoms with Gasteiger partial charge < -0.3 is 10.1 Å². The Morgan fingerprint density at radius 3 is 2.52 bits per heavy atom. The lowest BCUT2D eigenvalue weighted by Crippen LogP contribution is -2.38. The van der Waals surface area contributed by atoms with Crippen molar-refractivity contribution < 1.29 is 14.3 Å². The quantitative estimate of drug-likeness (QED) is 0.647. The first-order valence-corrected chi connectivity index (χ1v) is 7.10. The Hall–Kier alpha value is -2.10. The molecule has 0 radical (unpaired) electrons. The maximum absolute atomic E-state index is 11.6. The van der Waals surface area contributed by atoms with E-state index >= 15 is 0 Å². The normalized spacial score (nSPS) is 12.4. The van der Waals surface area contributed by atoms with E-state index in [4.69, 9.17) is 4.74 Å². The minimum Gasteiger partial charge on any atom is -0.452 e. The van der Waals surface area contributed by atoms with Gasteiger partial charge in [-0.1, -0.05) is 38.1 Å². The van der Waals surface area contributed by atoms with Gasteiger partial charge in [-0.15, -0.1) is 0 Å². The van der Waals surface area contributed by atoms with Gasteiger partial charge in [0.25, 0.3) is 5.91 Å². The van der Waals surface area contributed by atoms with Crippen LogP contribution in [-0.2, 0) is 14.3 Å². The minimum absolute atomic E-state index is 0.0544. The van der Waals surface area contributed by atoms with Crippen molar-refractivity contribution >= 4 is 18.0 Å². The van der Waals surface area contributed by atoms with Crippen molar-refractivity contribution in [2.45, 2.75) is 33.7 Å². The molecule has 21 heavy (non-hydrogen) atoms. The van der Waals surface area contributed by atoms with Gasteiger partial charge in [0.1, 0.15) is 0 Å². The van der Waals surface area contributed by atoms with Crippen LogP contribution < -0.4 is 5.32 Å². The van der Waals surface area contributed by atoms with E-state index in [2.05, 4.69) is 5.32 Å². The zero-order valence-electron chi connectivity index (χ0n) is 13.1. The number of amides is 1. The fourth-order valence-electron chi connectivity index (χ4n) is 1.58. The van der Waals surface area contributed by atoms with Gasteiger partial charge in [0, 0.05) is 12.1 Å². The van der Waals surface area contributed by atoms with E-state index < -0.39 is 5.97 Å². The second-order valence-electron chi connectivity index (χ2n) is 5.40. The van der Waals surface area contributed by atoms with Crippen molar-refractivity contribution in [3.63, 3.8) is 0 Å². The Labute approximate surface area is 126 Å². The van der Waals surface area contributed by atoms with Crippen LogP contribution in [0.25, 0.3) is 6.08 Å². The van der Waals surface area contributed by atoms with Crippen molar-refractivity contribution in [1.29, 1.82) is 0 Å². The first kappa shape index (κ1) is 17.0. The number of benzene rings is 1. The molecule has 0 spiro atoms. The third-order valence-corrected chi connectivity index (χ3v) is 3.32. The second-order valence-corrected chi connectivity index (χ2v) is 5.40. The summed E-state index contributed by atoms with van der Waals surface area (Å²) in [6.07, 6.45) is 3.02. The molecule has 1 N–H and O–H groups in total. The van der Waals surface area contributed by atoms with Gasteiger partial charge in [0.15, 0.2) is 6.61 Å². The van der Waals surface area contributed by atoms with Crippen molar-refractivity contribution in [3.05, 3.63) is 41.5 Å². The Morgan fingerprint density at radius 2 is 1.90 bits per heavy atom. The molecule has 0 fully saturated rings. The summed E-state index contributed by atoms with van der Waals surface area (Å²) in [5.41, 5.74) is 2.03. The molecule has 1 aromatic rings. The summed E-state index contributed by atoms with van der Waals surface area (Å²) >= 11 is 0. The molecule has 4 nitrogen and oxygen atoms in total. The van der Waals surface area contributed by atoms with Gasteiger partial charge in [-0.2, -0.15) is 0 Å². The number of rotatable bonds is 6. The topological polar surface area (TPSA) is 55.4 Å². The lowest BCUT2D eigenvalue weighted by Gasteiger charge is -2.16. The molecule has 1 amide bonds. The van der Waals surface area contributed by atoms with E-state index in [1.165, 1.54) is 6.08 Å². The predicted octanol–water partition coefficient (Wildman–Crippen LogP) is 2.71. The molecule has 0 aliphatic heterocycles. The van der Waals surface area contributed by atoms with Crippen LogP contribution in [0.5, 0.6) is 0 Å². The number of ether oxygens (including phenoxy) is 1. The number of carbonyl (C=O) groups is 2. The van der Waals surface area contributed by atoms with Gasteiger partial charge in [0.05, 0.1) is 0 Å².